The van der Waals surface area contributed by atoms with Crippen LogP contribution in [0, 0.1) is 67.0 Å². The van der Waals surface area contributed by atoms with E-state index in [0.717, 1.165) is 24.7 Å². The first-order chi connectivity index (χ1) is 22.4. The lowest BCUT2D eigenvalue weighted by molar-refractivity contribution is -0.250. The van der Waals surface area contributed by atoms with Crippen LogP contribution in [-0.4, -0.2) is 42.5 Å². The van der Waals surface area contributed by atoms with Crippen molar-refractivity contribution in [3.8, 4) is 0 Å². The third kappa shape index (κ3) is 5.59. The summed E-state index contributed by atoms with van der Waals surface area (Å²) in [6.07, 6.45) is 17.8. The molecule has 10 atom stereocenters. The number of allylic oxidation sites excluding steroid dienone is 1. The predicted molar refractivity (Wildman–Crippen MR) is 193 cm³/mol. The van der Waals surface area contributed by atoms with Crippen LogP contribution in [0.5, 0.6) is 0 Å². The normalized spacial score (nSPS) is 44.0. The van der Waals surface area contributed by atoms with Crippen molar-refractivity contribution in [1.29, 1.82) is 0 Å². The minimum atomic E-state index is -1.14. The average molecular weight is 665 g/mol. The van der Waals surface area contributed by atoms with Crippen LogP contribution in [0.4, 0.5) is 0 Å². The third-order valence-electron chi connectivity index (χ3n) is 17.1. The molecule has 1 aliphatic heterocycles. The predicted octanol–water partition coefficient (Wildman–Crippen LogP) is 10.1. The monoisotopic (exact) mass is 665 g/mol. The quantitative estimate of drug-likeness (QED) is 0.147. The van der Waals surface area contributed by atoms with Crippen LogP contribution in [0.1, 0.15) is 152 Å². The Labute approximate surface area is 292 Å². The SMILES string of the molecule is C=C(C)[C@@H]1CC[C@]2(CCN3CCCCC3)CC[C@]3(C)[C@H](CC[C@@H]4[C@@]5(C)CC[C@H](OC(=O)CC(C)(C)C(=O)N=O)C(C)(C)[C@@H]5CC[C@]43C)[C@@H]12. The summed E-state index contributed by atoms with van der Waals surface area (Å²) in [6.45, 7) is 26.8. The number of carbonyl (C=O) groups is 2. The molecule has 0 aromatic carbocycles. The van der Waals surface area contributed by atoms with Gasteiger partial charge in [0.1, 0.15) is 6.10 Å². The zero-order chi connectivity index (χ0) is 34.9. The van der Waals surface area contributed by atoms with Crippen LogP contribution in [-0.2, 0) is 14.3 Å². The number of fused-ring (bicyclic) bond motifs is 7. The Kier molecular flexibility index (Phi) is 9.50. The van der Waals surface area contributed by atoms with E-state index in [9.17, 15) is 14.5 Å². The Morgan fingerprint density at radius 2 is 1.56 bits per heavy atom. The summed E-state index contributed by atoms with van der Waals surface area (Å²) in [4.78, 5) is 38.9. The van der Waals surface area contributed by atoms with Gasteiger partial charge in [-0.1, -0.05) is 67.0 Å². The van der Waals surface area contributed by atoms with E-state index in [1.165, 1.54) is 102 Å². The van der Waals surface area contributed by atoms with Gasteiger partial charge >= 0.3 is 5.97 Å². The molecule has 6 nitrogen and oxygen atoms in total. The van der Waals surface area contributed by atoms with Gasteiger partial charge in [0.15, 0.2) is 0 Å². The maximum Gasteiger partial charge on any atom is 0.307 e. The lowest BCUT2D eigenvalue weighted by atomic mass is 9.32. The van der Waals surface area contributed by atoms with E-state index in [-0.39, 0.29) is 29.3 Å². The van der Waals surface area contributed by atoms with Crippen molar-refractivity contribution in [1.82, 2.24) is 4.90 Å². The van der Waals surface area contributed by atoms with Crippen molar-refractivity contribution in [2.75, 3.05) is 19.6 Å². The van der Waals surface area contributed by atoms with Crippen molar-refractivity contribution in [2.45, 2.75) is 158 Å². The third-order valence-corrected chi connectivity index (χ3v) is 17.1. The topological polar surface area (TPSA) is 76.0 Å². The van der Waals surface area contributed by atoms with Gasteiger partial charge in [-0.25, -0.2) is 0 Å². The molecule has 0 aromatic heterocycles. The van der Waals surface area contributed by atoms with E-state index >= 15 is 0 Å². The van der Waals surface area contributed by atoms with Crippen LogP contribution in [0.15, 0.2) is 17.3 Å². The highest BCUT2D eigenvalue weighted by Crippen LogP contribution is 2.78. The summed E-state index contributed by atoms with van der Waals surface area (Å²) in [5.41, 5.74) is 1.47. The molecule has 1 saturated heterocycles. The maximum atomic E-state index is 13.2. The number of rotatable bonds is 8. The van der Waals surface area contributed by atoms with E-state index in [1.54, 1.807) is 13.8 Å². The molecule has 5 saturated carbocycles. The molecule has 0 radical (unpaired) electrons. The second-order valence-electron chi connectivity index (χ2n) is 20.0. The average Bonchev–Trinajstić information content (AvgIpc) is 3.42. The van der Waals surface area contributed by atoms with Gasteiger partial charge in [-0.05, 0) is 161 Å². The zero-order valence-electron chi connectivity index (χ0n) is 31.9. The fraction of sp³-hybridized carbons (Fsp3) is 0.905. The number of nitrogens with zero attached hydrogens (tertiary/aromatic N) is 2. The molecule has 5 aliphatic carbocycles. The Hall–Kier alpha value is -1.56. The molecule has 1 amide bonds. The number of amides is 1. The Morgan fingerprint density at radius 1 is 0.854 bits per heavy atom. The second-order valence-corrected chi connectivity index (χ2v) is 20.0. The summed E-state index contributed by atoms with van der Waals surface area (Å²) in [7, 11) is 0. The molecule has 0 N–H and O–H groups in total. The van der Waals surface area contributed by atoms with Crippen molar-refractivity contribution >= 4 is 11.9 Å². The van der Waals surface area contributed by atoms with Crippen molar-refractivity contribution in [3.63, 3.8) is 0 Å². The molecule has 270 valence electrons. The first kappa shape index (κ1) is 36.2. The van der Waals surface area contributed by atoms with Gasteiger partial charge in [-0.3, -0.25) is 9.59 Å². The molecule has 0 unspecified atom stereocenters. The summed E-state index contributed by atoms with van der Waals surface area (Å²) < 4.78 is 6.21. The first-order valence-corrected chi connectivity index (χ1v) is 19.9. The minimum absolute atomic E-state index is 0.113. The molecule has 0 spiro atoms. The van der Waals surface area contributed by atoms with Crippen LogP contribution in [0.25, 0.3) is 0 Å². The first-order valence-electron chi connectivity index (χ1n) is 19.9. The van der Waals surface area contributed by atoms with Gasteiger partial charge in [-0.15, -0.1) is 4.91 Å². The van der Waals surface area contributed by atoms with Gasteiger partial charge in [0.05, 0.1) is 11.8 Å². The lowest BCUT2D eigenvalue weighted by Crippen LogP contribution is -2.66. The Balaban J connectivity index is 1.23. The zero-order valence-corrected chi connectivity index (χ0v) is 31.9. The van der Waals surface area contributed by atoms with Crippen LogP contribution >= 0.6 is 0 Å². The van der Waals surface area contributed by atoms with Gasteiger partial charge < -0.3 is 9.64 Å². The Morgan fingerprint density at radius 3 is 2.23 bits per heavy atom. The summed E-state index contributed by atoms with van der Waals surface area (Å²) in [6, 6.07) is 0. The number of piperidine rings is 1. The maximum absolute atomic E-state index is 13.2. The van der Waals surface area contributed by atoms with Gasteiger partial charge in [0.25, 0.3) is 5.91 Å². The smallest absolute Gasteiger partial charge is 0.307 e. The molecule has 6 fully saturated rings. The Bertz CT molecular complexity index is 1280. The number of likely N-dealkylation sites (tertiary alicyclic amines) is 1. The number of carbonyl (C=O) groups excluding carboxylic acids is 2. The largest absolute Gasteiger partial charge is 0.462 e. The van der Waals surface area contributed by atoms with Gasteiger partial charge in [0.2, 0.25) is 0 Å². The molecule has 48 heavy (non-hydrogen) atoms. The lowest BCUT2D eigenvalue weighted by Gasteiger charge is -2.73. The molecule has 0 aromatic rings. The molecule has 0 bridgehead atoms. The van der Waals surface area contributed by atoms with Gasteiger partial charge in [0, 0.05) is 10.6 Å². The minimum Gasteiger partial charge on any atom is -0.462 e. The highest BCUT2D eigenvalue weighted by Gasteiger charge is 2.71. The van der Waals surface area contributed by atoms with Crippen LogP contribution in [0.3, 0.4) is 0 Å². The van der Waals surface area contributed by atoms with Crippen molar-refractivity contribution < 1.29 is 14.3 Å². The van der Waals surface area contributed by atoms with Crippen LogP contribution < -0.4 is 0 Å². The van der Waals surface area contributed by atoms with Crippen molar-refractivity contribution in [3.05, 3.63) is 17.1 Å². The number of nitroso groups, excluding NO2 is 1. The molecular formula is C42H68N2O4. The highest BCUT2D eigenvalue weighted by atomic mass is 16.5. The summed E-state index contributed by atoms with van der Waals surface area (Å²) >= 11 is 0. The molecule has 6 heteroatoms. The molecule has 1 heterocycles. The number of hydrogen-bond donors (Lipinski definition) is 0. The van der Waals surface area contributed by atoms with E-state index in [1.807, 2.05) is 0 Å². The fourth-order valence-electron chi connectivity index (χ4n) is 14.2. The highest BCUT2D eigenvalue weighted by molar-refractivity contribution is 5.87. The molecular weight excluding hydrogens is 596 g/mol. The van der Waals surface area contributed by atoms with Crippen LogP contribution in [0.2, 0.25) is 0 Å². The van der Waals surface area contributed by atoms with E-state index < -0.39 is 11.3 Å². The standard InChI is InChI=1S/C42H68N2O4/c1-28(2)29-15-20-42(23-26-44-24-11-10-12-25-44)22-21-40(8)30(35(29)42)13-14-32-39(7)18-17-33(38(5,6)31(39)16-19-41(32,40)9)48-34(45)27-37(3,4)36(46)43-47/h29-33,35H,1,10-27H2,2-9H3/t29-,30+,31-,32+,33-,35+,39-,40+,41+,42+/m0/s1. The van der Waals surface area contributed by atoms with E-state index in [4.69, 9.17) is 4.74 Å². The molecule has 6 aliphatic rings. The van der Waals surface area contributed by atoms with Gasteiger partial charge in [-0.2, -0.15) is 0 Å². The fourth-order valence-corrected chi connectivity index (χ4v) is 14.2. The number of hydrogen-bond acceptors (Lipinski definition) is 5. The number of esters is 1. The van der Waals surface area contributed by atoms with Crippen molar-refractivity contribution in [2.24, 2.45) is 67.3 Å². The number of ether oxygens (including phenoxy) is 1. The summed E-state index contributed by atoms with van der Waals surface area (Å²) in [5.74, 6) is 2.19. The summed E-state index contributed by atoms with van der Waals surface area (Å²) in [5, 5.41) is 2.59. The molecule has 6 rings (SSSR count). The second kappa shape index (κ2) is 12.6. The van der Waals surface area contributed by atoms with E-state index in [0.29, 0.717) is 34.0 Å². The van der Waals surface area contributed by atoms with E-state index in [2.05, 4.69) is 58.2 Å².